The Morgan fingerprint density at radius 1 is 0.885 bits per heavy atom. The Hall–Kier alpha value is -2.54. The smallest absolute Gasteiger partial charge is 0.247 e. The molecule has 0 aliphatic rings. The number of nitrogens with zero attached hydrogens (tertiary/aromatic N) is 3. The summed E-state index contributed by atoms with van der Waals surface area (Å²) in [5, 5.41) is 0. The predicted octanol–water partition coefficient (Wildman–Crippen LogP) is 2.57. The third-order valence-electron chi connectivity index (χ3n) is 4.02. The van der Waals surface area contributed by atoms with Crippen LogP contribution in [0.15, 0.2) is 54.6 Å². The molecule has 0 radical (unpaired) electrons. The first-order valence-corrected chi connectivity index (χ1v) is 10.2. The summed E-state index contributed by atoms with van der Waals surface area (Å²) in [4.78, 5) is 16.3. The number of hydrogen-bond donors (Lipinski definition) is 0. The highest BCUT2D eigenvalue weighted by molar-refractivity contribution is 7.92. The number of hydrogen-bond acceptors (Lipinski definition) is 4. The zero-order valence-electron chi connectivity index (χ0n) is 15.6. The van der Waals surface area contributed by atoms with Gasteiger partial charge in [0, 0.05) is 32.0 Å². The minimum Gasteiger partial charge on any atom is -0.378 e. The Labute approximate surface area is 155 Å². The Morgan fingerprint density at radius 2 is 1.42 bits per heavy atom. The third kappa shape index (κ3) is 4.76. The molecule has 0 heterocycles. The van der Waals surface area contributed by atoms with Crippen molar-refractivity contribution in [2.75, 3.05) is 47.5 Å². The van der Waals surface area contributed by atoms with Crippen LogP contribution >= 0.6 is 0 Å². The van der Waals surface area contributed by atoms with Crippen LogP contribution in [0.5, 0.6) is 0 Å². The number of anilines is 3. The van der Waals surface area contributed by atoms with Crippen molar-refractivity contribution < 1.29 is 13.2 Å². The standard InChI is InChI=1S/C19H25N3O3S/c1-5-21(17-9-7-6-8-10-17)19(23)15-22(26(4,24)25)18-13-11-16(12-14-18)20(2)3/h6-14H,5,15H2,1-4H3. The van der Waals surface area contributed by atoms with Crippen LogP contribution in [0.2, 0.25) is 0 Å². The van der Waals surface area contributed by atoms with Gasteiger partial charge in [-0.05, 0) is 43.3 Å². The van der Waals surface area contributed by atoms with Gasteiger partial charge in [-0.2, -0.15) is 0 Å². The summed E-state index contributed by atoms with van der Waals surface area (Å²) >= 11 is 0. The summed E-state index contributed by atoms with van der Waals surface area (Å²) in [6.45, 7) is 2.07. The minimum atomic E-state index is -3.60. The maximum absolute atomic E-state index is 12.8. The zero-order chi connectivity index (χ0) is 19.3. The molecule has 0 unspecified atom stereocenters. The average molecular weight is 375 g/mol. The SMILES string of the molecule is CCN(C(=O)CN(c1ccc(N(C)C)cc1)S(C)(=O)=O)c1ccccc1. The molecular formula is C19H25N3O3S. The molecule has 0 aliphatic carbocycles. The number of rotatable bonds is 7. The fraction of sp³-hybridized carbons (Fsp3) is 0.316. The molecule has 0 atom stereocenters. The van der Waals surface area contributed by atoms with Gasteiger partial charge >= 0.3 is 0 Å². The van der Waals surface area contributed by atoms with Crippen LogP contribution in [0, 0.1) is 0 Å². The fourth-order valence-electron chi connectivity index (χ4n) is 2.64. The van der Waals surface area contributed by atoms with Crippen LogP contribution in [0.4, 0.5) is 17.1 Å². The lowest BCUT2D eigenvalue weighted by molar-refractivity contribution is -0.117. The van der Waals surface area contributed by atoms with E-state index in [1.54, 1.807) is 17.0 Å². The van der Waals surface area contributed by atoms with Crippen molar-refractivity contribution in [2.24, 2.45) is 0 Å². The molecule has 2 aromatic rings. The van der Waals surface area contributed by atoms with Gasteiger partial charge in [-0.25, -0.2) is 8.42 Å². The lowest BCUT2D eigenvalue weighted by Crippen LogP contribution is -2.42. The largest absolute Gasteiger partial charge is 0.378 e. The first kappa shape index (κ1) is 19.8. The summed E-state index contributed by atoms with van der Waals surface area (Å²) in [5.74, 6) is -0.277. The van der Waals surface area contributed by atoms with Crippen LogP contribution in [0.1, 0.15) is 6.92 Å². The van der Waals surface area contributed by atoms with Crippen molar-refractivity contribution in [3.8, 4) is 0 Å². The second-order valence-electron chi connectivity index (χ2n) is 6.15. The van der Waals surface area contributed by atoms with E-state index in [0.29, 0.717) is 12.2 Å². The Kier molecular flexibility index (Phi) is 6.26. The summed E-state index contributed by atoms with van der Waals surface area (Å²) < 4.78 is 25.7. The maximum Gasteiger partial charge on any atom is 0.247 e. The number of carbonyl (C=O) groups is 1. The third-order valence-corrected chi connectivity index (χ3v) is 5.16. The van der Waals surface area contributed by atoms with E-state index < -0.39 is 10.0 Å². The van der Waals surface area contributed by atoms with Crippen molar-refractivity contribution >= 4 is 33.0 Å². The van der Waals surface area contributed by atoms with Gasteiger partial charge in [-0.3, -0.25) is 9.10 Å². The molecule has 0 saturated carbocycles. The van der Waals surface area contributed by atoms with Crippen LogP contribution in [0.25, 0.3) is 0 Å². The van der Waals surface area contributed by atoms with Gasteiger partial charge in [0.05, 0.1) is 11.9 Å². The van der Waals surface area contributed by atoms with Crippen LogP contribution in [-0.4, -0.2) is 47.8 Å². The number of likely N-dealkylation sites (N-methyl/N-ethyl adjacent to an activating group) is 1. The second kappa shape index (κ2) is 8.23. The fourth-order valence-corrected chi connectivity index (χ4v) is 3.49. The quantitative estimate of drug-likeness (QED) is 0.746. The number of carbonyl (C=O) groups excluding carboxylic acids is 1. The van der Waals surface area contributed by atoms with Crippen LogP contribution in [-0.2, 0) is 14.8 Å². The lowest BCUT2D eigenvalue weighted by atomic mass is 10.2. The van der Waals surface area contributed by atoms with E-state index in [9.17, 15) is 13.2 Å². The highest BCUT2D eigenvalue weighted by Gasteiger charge is 2.24. The Balaban J connectivity index is 2.29. The van der Waals surface area contributed by atoms with E-state index in [-0.39, 0.29) is 12.5 Å². The molecule has 140 valence electrons. The normalized spacial score (nSPS) is 11.1. The van der Waals surface area contributed by atoms with E-state index in [4.69, 9.17) is 0 Å². The second-order valence-corrected chi connectivity index (χ2v) is 8.06. The molecule has 0 bridgehead atoms. The van der Waals surface area contributed by atoms with Gasteiger partial charge in [0.25, 0.3) is 0 Å². The van der Waals surface area contributed by atoms with Gasteiger partial charge in [-0.15, -0.1) is 0 Å². The van der Waals surface area contributed by atoms with E-state index in [1.165, 1.54) is 0 Å². The molecule has 0 aliphatic heterocycles. The van der Waals surface area contributed by atoms with E-state index >= 15 is 0 Å². The van der Waals surface area contributed by atoms with Crippen molar-refractivity contribution in [1.29, 1.82) is 0 Å². The van der Waals surface area contributed by atoms with Gasteiger partial charge in [0.1, 0.15) is 6.54 Å². The summed E-state index contributed by atoms with van der Waals surface area (Å²) in [6.07, 6.45) is 1.11. The number of sulfonamides is 1. The molecular weight excluding hydrogens is 350 g/mol. The highest BCUT2D eigenvalue weighted by atomic mass is 32.2. The molecule has 6 nitrogen and oxygen atoms in total. The summed E-state index contributed by atoms with van der Waals surface area (Å²) in [7, 11) is 0.219. The molecule has 2 aromatic carbocycles. The molecule has 0 fully saturated rings. The van der Waals surface area contributed by atoms with E-state index in [0.717, 1.165) is 21.9 Å². The van der Waals surface area contributed by atoms with Crippen molar-refractivity contribution in [1.82, 2.24) is 0 Å². The van der Waals surface area contributed by atoms with Gasteiger partial charge in [0.15, 0.2) is 0 Å². The Bertz CT molecular complexity index is 834. The average Bonchev–Trinajstić information content (AvgIpc) is 2.60. The molecule has 0 aromatic heterocycles. The molecule has 7 heteroatoms. The lowest BCUT2D eigenvalue weighted by Gasteiger charge is -2.27. The Morgan fingerprint density at radius 3 is 1.88 bits per heavy atom. The van der Waals surface area contributed by atoms with Crippen LogP contribution in [0.3, 0.4) is 0 Å². The first-order valence-electron chi connectivity index (χ1n) is 8.34. The predicted molar refractivity (Wildman–Crippen MR) is 107 cm³/mol. The van der Waals surface area contributed by atoms with E-state index in [2.05, 4.69) is 0 Å². The number of para-hydroxylation sites is 1. The molecule has 0 N–H and O–H groups in total. The first-order chi connectivity index (χ1) is 12.2. The van der Waals surface area contributed by atoms with Crippen molar-refractivity contribution in [2.45, 2.75) is 6.92 Å². The molecule has 0 spiro atoms. The van der Waals surface area contributed by atoms with Crippen LogP contribution < -0.4 is 14.1 Å². The number of amides is 1. The van der Waals surface area contributed by atoms with Gasteiger partial charge < -0.3 is 9.80 Å². The van der Waals surface area contributed by atoms with E-state index in [1.807, 2.05) is 68.4 Å². The summed E-state index contributed by atoms with van der Waals surface area (Å²) in [5.41, 5.74) is 2.17. The molecule has 0 saturated heterocycles. The molecule has 1 amide bonds. The van der Waals surface area contributed by atoms with Gasteiger partial charge in [-0.1, -0.05) is 18.2 Å². The highest BCUT2D eigenvalue weighted by Crippen LogP contribution is 2.22. The van der Waals surface area contributed by atoms with Crippen molar-refractivity contribution in [3.63, 3.8) is 0 Å². The topological polar surface area (TPSA) is 60.9 Å². The number of benzene rings is 2. The molecule has 2 rings (SSSR count). The molecule has 26 heavy (non-hydrogen) atoms. The minimum absolute atomic E-state index is 0.247. The summed E-state index contributed by atoms with van der Waals surface area (Å²) in [6, 6.07) is 16.3. The van der Waals surface area contributed by atoms with Crippen molar-refractivity contribution in [3.05, 3.63) is 54.6 Å². The van der Waals surface area contributed by atoms with Gasteiger partial charge in [0.2, 0.25) is 15.9 Å². The monoisotopic (exact) mass is 375 g/mol. The zero-order valence-corrected chi connectivity index (χ0v) is 16.4. The maximum atomic E-state index is 12.8.